The smallest absolute Gasteiger partial charge is 0.340 e. The number of nitrogens with one attached hydrogen (secondary N) is 1. The number of rotatable bonds is 7. The van der Waals surface area contributed by atoms with Crippen LogP contribution in [0.4, 0.5) is 5.00 Å². The van der Waals surface area contributed by atoms with Crippen molar-refractivity contribution in [3.8, 4) is 6.07 Å². The summed E-state index contributed by atoms with van der Waals surface area (Å²) in [5, 5.41) is 14.2. The molecule has 1 N–H and O–H groups in total. The van der Waals surface area contributed by atoms with Crippen molar-refractivity contribution in [3.05, 3.63) is 93.0 Å². The molecule has 1 amide bonds. The number of hydrogen-bond donors (Lipinski definition) is 1. The van der Waals surface area contributed by atoms with Crippen molar-refractivity contribution < 1.29 is 14.3 Å². The van der Waals surface area contributed by atoms with E-state index in [1.165, 1.54) is 16.9 Å². The number of esters is 1. The minimum absolute atomic E-state index is 0.312. The van der Waals surface area contributed by atoms with Gasteiger partial charge in [-0.3, -0.25) is 14.7 Å². The fourth-order valence-corrected chi connectivity index (χ4v) is 7.53. The molecule has 2 atom stereocenters. The van der Waals surface area contributed by atoms with E-state index in [9.17, 15) is 14.9 Å². The van der Waals surface area contributed by atoms with E-state index in [-0.39, 0.29) is 0 Å². The van der Waals surface area contributed by atoms with E-state index in [1.807, 2.05) is 37.3 Å². The maximum Gasteiger partial charge on any atom is 0.340 e. The largest absolute Gasteiger partial charge is 0.449 e. The molecule has 2 aromatic carbocycles. The summed E-state index contributed by atoms with van der Waals surface area (Å²) in [5.41, 5.74) is 5.91. The Bertz CT molecular complexity index is 1690. The Morgan fingerprint density at radius 1 is 1.12 bits per heavy atom. The molecule has 3 heterocycles. The van der Waals surface area contributed by atoms with Crippen LogP contribution >= 0.6 is 11.3 Å². The summed E-state index contributed by atoms with van der Waals surface area (Å²) < 4.78 is 5.94. The molecule has 1 aliphatic carbocycles. The summed E-state index contributed by atoms with van der Waals surface area (Å²) in [6.07, 6.45) is 2.68. The molecular formula is C34H34N4O3S. The zero-order valence-electron chi connectivity index (χ0n) is 24.0. The van der Waals surface area contributed by atoms with Crippen LogP contribution < -0.4 is 5.32 Å². The van der Waals surface area contributed by atoms with Crippen molar-refractivity contribution in [1.82, 2.24) is 9.88 Å². The van der Waals surface area contributed by atoms with Crippen molar-refractivity contribution in [2.45, 2.75) is 64.5 Å². The lowest BCUT2D eigenvalue weighted by atomic mass is 9.83. The molecule has 214 valence electrons. The SMILES string of the molecule is CCC(OC(=O)c1c2c(nc3ccccc13)CCN(CC)C2)C(=O)Nc1sc2c(c1C#N)CCC(c1ccccc1)C2. The predicted octanol–water partition coefficient (Wildman–Crippen LogP) is 6.39. The number of amides is 1. The molecule has 0 bridgehead atoms. The van der Waals surface area contributed by atoms with Crippen LogP contribution in [0.25, 0.3) is 10.9 Å². The van der Waals surface area contributed by atoms with E-state index < -0.39 is 18.0 Å². The third-order valence-electron chi connectivity index (χ3n) is 8.57. The van der Waals surface area contributed by atoms with Crippen molar-refractivity contribution in [1.29, 1.82) is 5.26 Å². The Morgan fingerprint density at radius 3 is 2.67 bits per heavy atom. The minimum Gasteiger partial charge on any atom is -0.449 e. The van der Waals surface area contributed by atoms with E-state index in [1.54, 1.807) is 0 Å². The van der Waals surface area contributed by atoms with Gasteiger partial charge in [-0.2, -0.15) is 5.26 Å². The molecule has 0 spiro atoms. The summed E-state index contributed by atoms with van der Waals surface area (Å²) in [7, 11) is 0. The lowest BCUT2D eigenvalue weighted by Gasteiger charge is -2.29. The van der Waals surface area contributed by atoms with Crippen LogP contribution in [0.1, 0.15) is 75.8 Å². The summed E-state index contributed by atoms with van der Waals surface area (Å²) in [6, 6.07) is 20.4. The highest BCUT2D eigenvalue weighted by atomic mass is 32.1. The number of para-hydroxylation sites is 1. The Labute approximate surface area is 250 Å². The van der Waals surface area contributed by atoms with Gasteiger partial charge in [0.25, 0.3) is 5.91 Å². The molecule has 2 aromatic heterocycles. The molecule has 8 heteroatoms. The number of thiophene rings is 1. The van der Waals surface area contributed by atoms with Gasteiger partial charge >= 0.3 is 5.97 Å². The molecule has 2 aliphatic rings. The second-order valence-electron chi connectivity index (χ2n) is 11.0. The fraction of sp³-hybridized carbons (Fsp3) is 0.353. The lowest BCUT2D eigenvalue weighted by Crippen LogP contribution is -2.35. The van der Waals surface area contributed by atoms with Gasteiger partial charge in [-0.05, 0) is 55.3 Å². The van der Waals surface area contributed by atoms with Crippen LogP contribution in [-0.2, 0) is 35.3 Å². The van der Waals surface area contributed by atoms with Gasteiger partial charge in [0.2, 0.25) is 0 Å². The molecule has 0 saturated heterocycles. The fourth-order valence-electron chi connectivity index (χ4n) is 6.25. The van der Waals surface area contributed by atoms with Crippen LogP contribution in [0.2, 0.25) is 0 Å². The second kappa shape index (κ2) is 12.0. The van der Waals surface area contributed by atoms with Gasteiger partial charge in [0.1, 0.15) is 11.1 Å². The van der Waals surface area contributed by atoms with E-state index in [2.05, 4.69) is 47.5 Å². The van der Waals surface area contributed by atoms with Gasteiger partial charge in [0.05, 0.1) is 16.6 Å². The third-order valence-corrected chi connectivity index (χ3v) is 9.74. The first-order valence-corrected chi connectivity index (χ1v) is 15.6. The first-order valence-electron chi connectivity index (χ1n) is 14.7. The Balaban J connectivity index is 1.24. The van der Waals surface area contributed by atoms with E-state index in [0.717, 1.165) is 71.4 Å². The van der Waals surface area contributed by atoms with Crippen LogP contribution in [0.15, 0.2) is 54.6 Å². The molecule has 0 saturated carbocycles. The normalized spacial score (nSPS) is 17.1. The van der Waals surface area contributed by atoms with Gasteiger partial charge in [-0.25, -0.2) is 4.79 Å². The highest BCUT2D eigenvalue weighted by molar-refractivity contribution is 7.16. The van der Waals surface area contributed by atoms with Crippen molar-refractivity contribution in [2.24, 2.45) is 0 Å². The monoisotopic (exact) mass is 578 g/mol. The molecule has 7 nitrogen and oxygen atoms in total. The average molecular weight is 579 g/mol. The van der Waals surface area contributed by atoms with Crippen molar-refractivity contribution in [3.63, 3.8) is 0 Å². The summed E-state index contributed by atoms with van der Waals surface area (Å²) in [5.74, 6) is -0.536. The highest BCUT2D eigenvalue weighted by Gasteiger charge is 2.31. The van der Waals surface area contributed by atoms with Gasteiger partial charge in [-0.15, -0.1) is 11.3 Å². The number of aromatic nitrogens is 1. The maximum absolute atomic E-state index is 13.8. The number of likely N-dealkylation sites (N-methyl/N-ethyl adjacent to an activating group) is 1. The van der Waals surface area contributed by atoms with Gasteiger partial charge in [-0.1, -0.05) is 62.4 Å². The summed E-state index contributed by atoms with van der Waals surface area (Å²) in [4.78, 5) is 35.6. The quantitative estimate of drug-likeness (QED) is 0.255. The predicted molar refractivity (Wildman–Crippen MR) is 165 cm³/mol. The van der Waals surface area contributed by atoms with Crippen LogP contribution in [0.3, 0.4) is 0 Å². The van der Waals surface area contributed by atoms with Crippen molar-refractivity contribution in [2.75, 3.05) is 18.4 Å². The number of carbonyl (C=O) groups excluding carboxylic acids is 2. The van der Waals surface area contributed by atoms with Crippen LogP contribution in [-0.4, -0.2) is 41.0 Å². The maximum atomic E-state index is 13.8. The summed E-state index contributed by atoms with van der Waals surface area (Å²) in [6.45, 7) is 6.31. The number of pyridine rings is 1. The summed E-state index contributed by atoms with van der Waals surface area (Å²) >= 11 is 1.47. The average Bonchev–Trinajstić information content (AvgIpc) is 3.38. The number of nitriles is 1. The Hall–Kier alpha value is -4.06. The minimum atomic E-state index is -0.992. The number of benzene rings is 2. The molecule has 42 heavy (non-hydrogen) atoms. The number of hydrogen-bond acceptors (Lipinski definition) is 7. The van der Waals surface area contributed by atoms with E-state index in [4.69, 9.17) is 9.72 Å². The molecule has 1 aliphatic heterocycles. The standard InChI is InChI=1S/C34H34N4O3S/c1-3-29(41-34(40)31-24-12-8-9-13-27(24)36-28-16-17-38(4-2)20-26(28)31)32(39)37-33-25(19-35)23-15-14-22(18-30(23)42-33)21-10-6-5-7-11-21/h5-13,22,29H,3-4,14-18,20H2,1-2H3,(H,37,39). The number of nitrogens with zero attached hydrogens (tertiary/aromatic N) is 3. The number of carbonyl (C=O) groups is 2. The van der Waals surface area contributed by atoms with E-state index >= 15 is 0 Å². The second-order valence-corrected chi connectivity index (χ2v) is 12.1. The third kappa shape index (κ3) is 5.31. The number of anilines is 1. The van der Waals surface area contributed by atoms with Gasteiger partial charge in [0, 0.05) is 41.0 Å². The molecule has 0 radical (unpaired) electrons. The molecular weight excluding hydrogens is 544 g/mol. The number of ether oxygens (including phenoxy) is 1. The molecule has 6 rings (SSSR count). The Morgan fingerprint density at radius 2 is 1.90 bits per heavy atom. The Kier molecular flexibility index (Phi) is 8.05. The first-order chi connectivity index (χ1) is 20.5. The van der Waals surface area contributed by atoms with Crippen LogP contribution in [0.5, 0.6) is 0 Å². The zero-order chi connectivity index (χ0) is 29.2. The molecule has 2 unspecified atom stereocenters. The topological polar surface area (TPSA) is 95.3 Å². The van der Waals surface area contributed by atoms with E-state index in [0.29, 0.717) is 35.0 Å². The number of fused-ring (bicyclic) bond motifs is 3. The highest BCUT2D eigenvalue weighted by Crippen LogP contribution is 2.42. The lowest BCUT2D eigenvalue weighted by molar-refractivity contribution is -0.124. The zero-order valence-corrected chi connectivity index (χ0v) is 24.8. The molecule has 0 fully saturated rings. The van der Waals surface area contributed by atoms with Crippen LogP contribution in [0, 0.1) is 11.3 Å². The van der Waals surface area contributed by atoms with Crippen molar-refractivity contribution >= 4 is 39.1 Å². The van der Waals surface area contributed by atoms with Gasteiger partial charge < -0.3 is 10.1 Å². The van der Waals surface area contributed by atoms with Gasteiger partial charge in [0.15, 0.2) is 6.10 Å². The molecule has 4 aromatic rings. The first kappa shape index (κ1) is 28.1.